The lowest BCUT2D eigenvalue weighted by Crippen LogP contribution is -2.35. The molecule has 0 saturated carbocycles. The van der Waals surface area contributed by atoms with Gasteiger partial charge in [0.05, 0.1) is 12.5 Å². The summed E-state index contributed by atoms with van der Waals surface area (Å²) in [5.74, 6) is 0.459. The zero-order chi connectivity index (χ0) is 14.5. The normalized spacial score (nSPS) is 13.8. The first-order valence-electron chi connectivity index (χ1n) is 6.64. The largest absolute Gasteiger partial charge is 0.349 e. The Morgan fingerprint density at radius 2 is 2.10 bits per heavy atom. The fourth-order valence-corrected chi connectivity index (χ4v) is 2.02. The van der Waals surface area contributed by atoms with Gasteiger partial charge in [0.15, 0.2) is 0 Å². The minimum atomic E-state index is -0.308. The van der Waals surface area contributed by atoms with Gasteiger partial charge in [-0.05, 0) is 5.56 Å². The first-order chi connectivity index (χ1) is 9.59. The number of nitrogens with zero attached hydrogens (tertiary/aromatic N) is 2. The van der Waals surface area contributed by atoms with E-state index >= 15 is 0 Å². The summed E-state index contributed by atoms with van der Waals surface area (Å²) in [7, 11) is 1.90. The van der Waals surface area contributed by atoms with Crippen LogP contribution >= 0.6 is 0 Å². The van der Waals surface area contributed by atoms with Crippen LogP contribution in [0, 0.1) is 5.92 Å². The maximum Gasteiger partial charge on any atom is 0.225 e. The lowest BCUT2D eigenvalue weighted by Gasteiger charge is -2.19. The molecule has 0 fully saturated rings. The van der Waals surface area contributed by atoms with E-state index in [2.05, 4.69) is 10.3 Å². The Kier molecular flexibility index (Phi) is 4.53. The average molecular weight is 272 g/mol. The molecule has 5 heteroatoms. The highest BCUT2D eigenvalue weighted by molar-refractivity contribution is 5.79. The third kappa shape index (κ3) is 3.24. The Morgan fingerprint density at radius 1 is 1.40 bits per heavy atom. The van der Waals surface area contributed by atoms with Gasteiger partial charge in [0, 0.05) is 25.5 Å². The van der Waals surface area contributed by atoms with E-state index in [1.165, 1.54) is 0 Å². The van der Waals surface area contributed by atoms with Crippen LogP contribution in [-0.4, -0.2) is 15.5 Å². The Balaban J connectivity index is 1.93. The van der Waals surface area contributed by atoms with Crippen molar-refractivity contribution in [1.29, 1.82) is 0 Å². The topological polar surface area (TPSA) is 72.9 Å². The van der Waals surface area contributed by atoms with Gasteiger partial charge in [0.2, 0.25) is 5.91 Å². The minimum Gasteiger partial charge on any atom is -0.349 e. The van der Waals surface area contributed by atoms with Gasteiger partial charge < -0.3 is 15.6 Å². The van der Waals surface area contributed by atoms with E-state index in [-0.39, 0.29) is 17.9 Å². The number of nitrogens with one attached hydrogen (secondary N) is 1. The van der Waals surface area contributed by atoms with Crippen LogP contribution in [-0.2, 0) is 18.4 Å². The van der Waals surface area contributed by atoms with Crippen LogP contribution in [0.4, 0.5) is 0 Å². The zero-order valence-electron chi connectivity index (χ0n) is 11.8. The molecule has 1 aromatic carbocycles. The van der Waals surface area contributed by atoms with Crippen molar-refractivity contribution in [1.82, 2.24) is 14.9 Å². The molecule has 2 unspecified atom stereocenters. The SMILES string of the molecule is CC(C(=O)NCc1nccn1C)C(N)c1ccccc1. The molecule has 3 N–H and O–H groups in total. The third-order valence-corrected chi connectivity index (χ3v) is 3.48. The highest BCUT2D eigenvalue weighted by atomic mass is 16.1. The van der Waals surface area contributed by atoms with Gasteiger partial charge in [-0.15, -0.1) is 0 Å². The predicted molar refractivity (Wildman–Crippen MR) is 77.6 cm³/mol. The van der Waals surface area contributed by atoms with Crippen LogP contribution in [0.15, 0.2) is 42.7 Å². The van der Waals surface area contributed by atoms with Crippen LogP contribution < -0.4 is 11.1 Å². The van der Waals surface area contributed by atoms with E-state index in [4.69, 9.17) is 5.73 Å². The molecule has 0 aliphatic carbocycles. The Hall–Kier alpha value is -2.14. The first-order valence-corrected chi connectivity index (χ1v) is 6.64. The quantitative estimate of drug-likeness (QED) is 0.863. The van der Waals surface area contributed by atoms with E-state index in [1.807, 2.05) is 55.1 Å². The van der Waals surface area contributed by atoms with E-state index in [0.717, 1.165) is 11.4 Å². The average Bonchev–Trinajstić information content (AvgIpc) is 2.89. The summed E-state index contributed by atoms with van der Waals surface area (Å²) in [6.45, 7) is 2.25. The number of carbonyl (C=O) groups excluding carboxylic acids is 1. The van der Waals surface area contributed by atoms with Crippen molar-refractivity contribution in [3.63, 3.8) is 0 Å². The molecule has 0 aliphatic heterocycles. The van der Waals surface area contributed by atoms with Crippen LogP contribution in [0.1, 0.15) is 24.4 Å². The Bertz CT molecular complexity index is 564. The Morgan fingerprint density at radius 3 is 2.70 bits per heavy atom. The van der Waals surface area contributed by atoms with Crippen LogP contribution in [0.2, 0.25) is 0 Å². The smallest absolute Gasteiger partial charge is 0.225 e. The van der Waals surface area contributed by atoms with Gasteiger partial charge in [-0.2, -0.15) is 0 Å². The number of nitrogens with two attached hydrogens (primary N) is 1. The molecule has 0 saturated heterocycles. The molecular weight excluding hydrogens is 252 g/mol. The second kappa shape index (κ2) is 6.34. The lowest BCUT2D eigenvalue weighted by molar-refractivity contribution is -0.125. The van der Waals surface area contributed by atoms with Crippen molar-refractivity contribution in [2.45, 2.75) is 19.5 Å². The first kappa shape index (κ1) is 14.3. The van der Waals surface area contributed by atoms with Crippen LogP contribution in [0.25, 0.3) is 0 Å². The number of carbonyl (C=O) groups is 1. The summed E-state index contributed by atoms with van der Waals surface area (Å²) < 4.78 is 1.88. The molecule has 5 nitrogen and oxygen atoms in total. The number of imidazole rings is 1. The van der Waals surface area contributed by atoms with Crippen molar-refractivity contribution < 1.29 is 4.79 Å². The van der Waals surface area contributed by atoms with Crippen molar-refractivity contribution >= 4 is 5.91 Å². The molecule has 2 atom stereocenters. The standard InChI is InChI=1S/C15H20N4O/c1-11(14(16)12-6-4-3-5-7-12)15(20)18-10-13-17-8-9-19(13)2/h3-9,11,14H,10,16H2,1-2H3,(H,18,20). The van der Waals surface area contributed by atoms with Gasteiger partial charge in [0.1, 0.15) is 5.82 Å². The summed E-state index contributed by atoms with van der Waals surface area (Å²) in [5.41, 5.74) is 7.10. The molecule has 2 aromatic rings. The van der Waals surface area contributed by atoms with Gasteiger partial charge in [-0.1, -0.05) is 37.3 Å². The molecule has 0 radical (unpaired) electrons. The van der Waals surface area contributed by atoms with Crippen molar-refractivity contribution in [3.8, 4) is 0 Å². The van der Waals surface area contributed by atoms with Crippen LogP contribution in [0.5, 0.6) is 0 Å². The summed E-state index contributed by atoms with van der Waals surface area (Å²) in [6.07, 6.45) is 3.56. The third-order valence-electron chi connectivity index (χ3n) is 3.48. The summed E-state index contributed by atoms with van der Waals surface area (Å²) in [6, 6.07) is 9.35. The van der Waals surface area contributed by atoms with Crippen molar-refractivity contribution in [2.75, 3.05) is 0 Å². The lowest BCUT2D eigenvalue weighted by atomic mass is 9.95. The summed E-state index contributed by atoms with van der Waals surface area (Å²) in [4.78, 5) is 16.3. The Labute approximate surface area is 118 Å². The second-order valence-corrected chi connectivity index (χ2v) is 4.90. The van der Waals surface area contributed by atoms with Gasteiger partial charge in [0.25, 0.3) is 0 Å². The van der Waals surface area contributed by atoms with Crippen molar-refractivity contribution in [2.24, 2.45) is 18.7 Å². The maximum absolute atomic E-state index is 12.1. The van der Waals surface area contributed by atoms with Crippen molar-refractivity contribution in [3.05, 3.63) is 54.1 Å². The monoisotopic (exact) mass is 272 g/mol. The molecule has 0 aliphatic rings. The molecule has 2 rings (SSSR count). The number of amides is 1. The number of benzene rings is 1. The van der Waals surface area contributed by atoms with E-state index in [1.54, 1.807) is 6.20 Å². The fourth-order valence-electron chi connectivity index (χ4n) is 2.02. The summed E-state index contributed by atoms with van der Waals surface area (Å²) >= 11 is 0. The van der Waals surface area contributed by atoms with Gasteiger partial charge in [-0.25, -0.2) is 4.98 Å². The highest BCUT2D eigenvalue weighted by Crippen LogP contribution is 2.19. The molecule has 1 heterocycles. The van der Waals surface area contributed by atoms with Crippen LogP contribution in [0.3, 0.4) is 0 Å². The van der Waals surface area contributed by atoms with E-state index in [9.17, 15) is 4.79 Å². The van der Waals surface area contributed by atoms with Gasteiger partial charge in [-0.3, -0.25) is 4.79 Å². The second-order valence-electron chi connectivity index (χ2n) is 4.90. The number of aromatic nitrogens is 2. The highest BCUT2D eigenvalue weighted by Gasteiger charge is 2.21. The molecule has 0 bridgehead atoms. The molecule has 0 spiro atoms. The number of aryl methyl sites for hydroxylation is 1. The minimum absolute atomic E-state index is 0.0654. The van der Waals surface area contributed by atoms with Gasteiger partial charge >= 0.3 is 0 Å². The predicted octanol–water partition coefficient (Wildman–Crippen LogP) is 1.37. The number of rotatable bonds is 5. The van der Waals surface area contributed by atoms with E-state index in [0.29, 0.717) is 6.54 Å². The molecule has 1 aromatic heterocycles. The molecular formula is C15H20N4O. The van der Waals surface area contributed by atoms with E-state index < -0.39 is 0 Å². The molecule has 20 heavy (non-hydrogen) atoms. The zero-order valence-corrected chi connectivity index (χ0v) is 11.8. The fraction of sp³-hybridized carbons (Fsp3) is 0.333. The maximum atomic E-state index is 12.1. The number of hydrogen-bond acceptors (Lipinski definition) is 3. The number of hydrogen-bond donors (Lipinski definition) is 2. The molecule has 1 amide bonds. The molecule has 106 valence electrons. The summed E-state index contributed by atoms with van der Waals surface area (Å²) in [5, 5.41) is 2.87.